The number of aryl methyl sites for hydroxylation is 1. The summed E-state index contributed by atoms with van der Waals surface area (Å²) in [5.41, 5.74) is 2.20. The number of hydrogen-bond acceptors (Lipinski definition) is 7. The molecule has 188 valence electrons. The molecule has 0 spiro atoms. The highest BCUT2D eigenvalue weighted by Gasteiger charge is 2.46. The van der Waals surface area contributed by atoms with Gasteiger partial charge in [0.1, 0.15) is 16.8 Å². The molecule has 0 saturated heterocycles. The fourth-order valence-corrected chi connectivity index (χ4v) is 7.03. The van der Waals surface area contributed by atoms with E-state index in [0.29, 0.717) is 11.3 Å². The molecule has 12 heteroatoms. The Kier molecular flexibility index (Phi) is 6.56. The smallest absolute Gasteiger partial charge is 0.391 e. The van der Waals surface area contributed by atoms with Crippen molar-refractivity contribution < 1.29 is 22.3 Å². The van der Waals surface area contributed by atoms with Crippen LogP contribution in [0.4, 0.5) is 10.1 Å². The number of aromatic amines is 1. The second-order valence-corrected chi connectivity index (χ2v) is 11.1. The molecule has 0 bridgehead atoms. The maximum absolute atomic E-state index is 15.1. The molecule has 4 rings (SSSR count). The Morgan fingerprint density at radius 3 is 2.54 bits per heavy atom. The summed E-state index contributed by atoms with van der Waals surface area (Å²) in [5, 5.41) is 16.7. The van der Waals surface area contributed by atoms with Crippen molar-refractivity contribution in [1.82, 2.24) is 14.5 Å². The number of halogens is 2. The van der Waals surface area contributed by atoms with E-state index in [1.165, 1.54) is 25.1 Å². The summed E-state index contributed by atoms with van der Waals surface area (Å²) in [7, 11) is -2.63. The third-order valence-electron chi connectivity index (χ3n) is 6.52. The first-order valence-corrected chi connectivity index (χ1v) is 12.7. The van der Waals surface area contributed by atoms with Crippen LogP contribution in [0.25, 0.3) is 0 Å². The van der Waals surface area contributed by atoms with Crippen molar-refractivity contribution in [3.8, 4) is 0 Å². The Morgan fingerprint density at radius 2 is 1.94 bits per heavy atom. The Balaban J connectivity index is 1.97. The van der Waals surface area contributed by atoms with Crippen LogP contribution in [0, 0.1) is 19.7 Å². The van der Waals surface area contributed by atoms with Crippen LogP contribution in [0.5, 0.6) is 0 Å². The lowest BCUT2D eigenvalue weighted by atomic mass is 9.87. The summed E-state index contributed by atoms with van der Waals surface area (Å²) < 4.78 is 49.6. The molecule has 1 aliphatic rings. The van der Waals surface area contributed by atoms with Crippen molar-refractivity contribution in [2.75, 3.05) is 18.6 Å². The second kappa shape index (κ2) is 9.05. The SMILES string of the molecule is Cc1ccc(F)c(C(C)[C@@H](c2n[nH]c(=O)o2)N2CN(C)c3cc(Cl)cc(C(C)O)c3S2(=O)=O)c1C. The number of aromatic nitrogens is 2. The first-order valence-electron chi connectivity index (χ1n) is 10.9. The average molecular weight is 525 g/mol. The Bertz CT molecular complexity index is 1440. The van der Waals surface area contributed by atoms with E-state index in [4.69, 9.17) is 16.0 Å². The van der Waals surface area contributed by atoms with E-state index in [1.54, 1.807) is 31.9 Å². The van der Waals surface area contributed by atoms with E-state index in [-0.39, 0.29) is 33.6 Å². The molecule has 0 fully saturated rings. The fraction of sp³-hybridized carbons (Fsp3) is 0.391. The van der Waals surface area contributed by atoms with Crippen LogP contribution in [-0.2, 0) is 10.0 Å². The lowest BCUT2D eigenvalue weighted by molar-refractivity contribution is 0.194. The van der Waals surface area contributed by atoms with E-state index >= 15 is 4.39 Å². The minimum absolute atomic E-state index is 0.122. The van der Waals surface area contributed by atoms with Crippen LogP contribution >= 0.6 is 11.6 Å². The average Bonchev–Trinajstić information content (AvgIpc) is 3.20. The number of sulfonamides is 1. The molecule has 1 aromatic heterocycles. The zero-order valence-corrected chi connectivity index (χ0v) is 21.4. The molecule has 2 heterocycles. The van der Waals surface area contributed by atoms with Gasteiger partial charge < -0.3 is 14.4 Å². The molecule has 35 heavy (non-hydrogen) atoms. The molecule has 1 aliphatic heterocycles. The van der Waals surface area contributed by atoms with E-state index in [0.717, 1.165) is 9.87 Å². The number of aliphatic hydroxyl groups excluding tert-OH is 1. The van der Waals surface area contributed by atoms with Gasteiger partial charge >= 0.3 is 5.76 Å². The zero-order valence-electron chi connectivity index (χ0n) is 19.8. The van der Waals surface area contributed by atoms with Gasteiger partial charge in [0.2, 0.25) is 15.9 Å². The molecule has 2 aromatic carbocycles. The summed E-state index contributed by atoms with van der Waals surface area (Å²) in [6.07, 6.45) is -1.14. The molecule has 0 saturated carbocycles. The maximum Gasteiger partial charge on any atom is 0.434 e. The van der Waals surface area contributed by atoms with Gasteiger partial charge in [0, 0.05) is 23.6 Å². The first kappa shape index (κ1) is 25.4. The Labute approximate surface area is 207 Å². The normalized spacial score (nSPS) is 18.2. The number of nitrogens with one attached hydrogen (secondary N) is 1. The Hall–Kier alpha value is -2.73. The summed E-state index contributed by atoms with van der Waals surface area (Å²) in [6.45, 7) is 6.52. The lowest BCUT2D eigenvalue weighted by Crippen LogP contribution is -2.48. The van der Waals surface area contributed by atoms with Gasteiger partial charge in [0.05, 0.1) is 18.5 Å². The molecule has 0 aliphatic carbocycles. The van der Waals surface area contributed by atoms with Crippen molar-refractivity contribution in [3.05, 3.63) is 73.8 Å². The number of rotatable bonds is 5. The standard InChI is InChI=1S/C23H26ClFN4O5S/c1-11-6-7-17(25)19(12(11)2)13(3)20(22-26-27-23(31)34-22)29-10-28(5)18-9-15(24)8-16(14(4)30)21(18)35(29,32)33/h6-9,13-14,20,30H,10H2,1-5H3,(H,27,31)/t13?,14?,20-/m0/s1. The fourth-order valence-electron chi connectivity index (χ4n) is 4.67. The van der Waals surface area contributed by atoms with Crippen molar-refractivity contribution >= 4 is 27.3 Å². The predicted octanol–water partition coefficient (Wildman–Crippen LogP) is 3.77. The van der Waals surface area contributed by atoms with Crippen LogP contribution < -0.4 is 10.7 Å². The number of hydrogen-bond donors (Lipinski definition) is 2. The highest BCUT2D eigenvalue weighted by atomic mass is 35.5. The third kappa shape index (κ3) is 4.26. The minimum Gasteiger partial charge on any atom is -0.391 e. The molecule has 0 amide bonds. The Morgan fingerprint density at radius 1 is 1.26 bits per heavy atom. The highest BCUT2D eigenvalue weighted by molar-refractivity contribution is 7.89. The number of anilines is 1. The van der Waals surface area contributed by atoms with Crippen molar-refractivity contribution in [1.29, 1.82) is 0 Å². The number of benzene rings is 2. The topological polar surface area (TPSA) is 120 Å². The lowest BCUT2D eigenvalue weighted by Gasteiger charge is -2.41. The van der Waals surface area contributed by atoms with Crippen LogP contribution in [-0.4, -0.2) is 41.7 Å². The van der Waals surface area contributed by atoms with Gasteiger partial charge in [0.25, 0.3) is 0 Å². The van der Waals surface area contributed by atoms with Crippen molar-refractivity contribution in [3.63, 3.8) is 0 Å². The van der Waals surface area contributed by atoms with Gasteiger partial charge in [-0.2, -0.15) is 4.31 Å². The summed E-state index contributed by atoms with van der Waals surface area (Å²) >= 11 is 6.21. The number of H-pyrrole nitrogens is 1. The molecule has 9 nitrogen and oxygen atoms in total. The van der Waals surface area contributed by atoms with Crippen LogP contribution in [0.2, 0.25) is 5.02 Å². The van der Waals surface area contributed by atoms with Gasteiger partial charge in [0.15, 0.2) is 0 Å². The minimum atomic E-state index is -4.30. The summed E-state index contributed by atoms with van der Waals surface area (Å²) in [6, 6.07) is 4.70. The highest BCUT2D eigenvalue weighted by Crippen LogP contribution is 2.46. The quantitative estimate of drug-likeness (QED) is 0.521. The maximum atomic E-state index is 15.1. The third-order valence-corrected chi connectivity index (χ3v) is 8.66. The van der Waals surface area contributed by atoms with Gasteiger partial charge in [-0.05, 0) is 55.7 Å². The van der Waals surface area contributed by atoms with Gasteiger partial charge in [-0.1, -0.05) is 24.6 Å². The summed E-state index contributed by atoms with van der Waals surface area (Å²) in [5.74, 6) is -2.37. The van der Waals surface area contributed by atoms with E-state index in [9.17, 15) is 18.3 Å². The molecular weight excluding hydrogens is 499 g/mol. The number of nitrogens with zero attached hydrogens (tertiary/aromatic N) is 3. The van der Waals surface area contributed by atoms with Gasteiger partial charge in [-0.3, -0.25) is 0 Å². The second-order valence-electron chi connectivity index (χ2n) is 8.84. The van der Waals surface area contributed by atoms with Gasteiger partial charge in [-0.15, -0.1) is 5.10 Å². The van der Waals surface area contributed by atoms with Gasteiger partial charge in [-0.25, -0.2) is 22.7 Å². The predicted molar refractivity (Wildman–Crippen MR) is 129 cm³/mol. The zero-order chi connectivity index (χ0) is 25.8. The molecule has 2 unspecified atom stereocenters. The van der Waals surface area contributed by atoms with E-state index in [2.05, 4.69) is 10.2 Å². The monoisotopic (exact) mass is 524 g/mol. The molecule has 2 N–H and O–H groups in total. The van der Waals surface area contributed by atoms with E-state index < -0.39 is 39.7 Å². The first-order chi connectivity index (χ1) is 16.3. The number of fused-ring (bicyclic) bond motifs is 1. The number of aliphatic hydroxyl groups is 1. The molecule has 0 radical (unpaired) electrons. The largest absolute Gasteiger partial charge is 0.434 e. The van der Waals surface area contributed by atoms with Crippen LogP contribution in [0.1, 0.15) is 60.1 Å². The van der Waals surface area contributed by atoms with Crippen molar-refractivity contribution in [2.45, 2.75) is 50.7 Å². The van der Waals surface area contributed by atoms with E-state index in [1.807, 2.05) is 6.92 Å². The van der Waals surface area contributed by atoms with Crippen LogP contribution in [0.15, 0.2) is 38.4 Å². The van der Waals surface area contributed by atoms with Crippen LogP contribution in [0.3, 0.4) is 0 Å². The molecule has 3 aromatic rings. The van der Waals surface area contributed by atoms with Crippen molar-refractivity contribution in [2.24, 2.45) is 0 Å². The molecular formula is C23H26ClFN4O5S. The summed E-state index contributed by atoms with van der Waals surface area (Å²) in [4.78, 5) is 13.4. The molecule has 3 atom stereocenters.